The van der Waals surface area contributed by atoms with Crippen LogP contribution in [0.3, 0.4) is 0 Å². The van der Waals surface area contributed by atoms with E-state index in [0.717, 1.165) is 5.69 Å². The second-order valence-electron chi connectivity index (χ2n) is 6.82. The molecule has 148 valence electrons. The lowest BCUT2D eigenvalue weighted by Gasteiger charge is -2.34. The van der Waals surface area contributed by atoms with Crippen molar-refractivity contribution in [3.8, 4) is 0 Å². The number of amides is 1. The first-order chi connectivity index (χ1) is 13.0. The van der Waals surface area contributed by atoms with Crippen LogP contribution < -0.4 is 10.6 Å². The second-order valence-corrected chi connectivity index (χ2v) is 6.82. The minimum atomic E-state index is -1.01. The lowest BCUT2D eigenvalue weighted by Crippen LogP contribution is -2.45. The van der Waals surface area contributed by atoms with Gasteiger partial charge in [-0.05, 0) is 25.0 Å². The Morgan fingerprint density at radius 1 is 1.48 bits per heavy atom. The monoisotopic (exact) mass is 380 g/mol. The molecule has 1 aromatic rings. The molecule has 0 saturated carbocycles. The number of benzene rings is 1. The molecular formula is C18H25FN4O4. The number of anilines is 1. The van der Waals surface area contributed by atoms with Crippen LogP contribution in [0.25, 0.3) is 0 Å². The van der Waals surface area contributed by atoms with Gasteiger partial charge in [-0.25, -0.2) is 14.2 Å². The largest absolute Gasteiger partial charge is 0.483 e. The van der Waals surface area contributed by atoms with Crippen LogP contribution in [0.2, 0.25) is 0 Å². The van der Waals surface area contributed by atoms with Gasteiger partial charge in [0.05, 0.1) is 31.6 Å². The van der Waals surface area contributed by atoms with E-state index in [-0.39, 0.29) is 12.6 Å². The van der Waals surface area contributed by atoms with Crippen molar-refractivity contribution in [2.24, 2.45) is 4.99 Å². The Bertz CT molecular complexity index is 720. The Morgan fingerprint density at radius 3 is 2.85 bits per heavy atom. The summed E-state index contributed by atoms with van der Waals surface area (Å²) in [6.45, 7) is 2.06. The zero-order valence-corrected chi connectivity index (χ0v) is 15.2. The number of likely N-dealkylation sites (tertiary alicyclic amines) is 1. The van der Waals surface area contributed by atoms with E-state index < -0.39 is 17.8 Å². The number of aliphatic imine (C=N–C) groups is 1. The molecule has 27 heavy (non-hydrogen) atoms. The zero-order chi connectivity index (χ0) is 19.4. The van der Waals surface area contributed by atoms with Crippen molar-refractivity contribution < 1.29 is 24.1 Å². The number of carbonyl (C=O) groups is 1. The first-order valence-electron chi connectivity index (χ1n) is 9.02. The predicted molar refractivity (Wildman–Crippen MR) is 99.4 cm³/mol. The second kappa shape index (κ2) is 8.53. The topological polar surface area (TPSA) is 106 Å². The number of hydrogen-bond acceptors (Lipinski definition) is 6. The van der Waals surface area contributed by atoms with Crippen LogP contribution in [0.1, 0.15) is 24.3 Å². The van der Waals surface area contributed by atoms with Crippen molar-refractivity contribution in [3.05, 3.63) is 23.5 Å². The van der Waals surface area contributed by atoms with Crippen molar-refractivity contribution in [2.45, 2.75) is 24.8 Å². The average molecular weight is 380 g/mol. The van der Waals surface area contributed by atoms with Gasteiger partial charge in [0.25, 0.3) is 0 Å². The fourth-order valence-electron chi connectivity index (χ4n) is 3.67. The predicted octanol–water partition coefficient (Wildman–Crippen LogP) is 1.74. The fourth-order valence-corrected chi connectivity index (χ4v) is 3.67. The van der Waals surface area contributed by atoms with Crippen LogP contribution in [0.4, 0.5) is 20.6 Å². The SMILES string of the molecule is COC1=Nc2c(ccc(F)c2C(CO)CN2CCC(NC(=O)O)CC2)NC1. The standard InChI is InChI=1S/C18H25FN4O4/c1-27-15-8-20-14-3-2-13(19)16(17(14)22-15)11(10-24)9-23-6-4-12(5-7-23)21-18(25)26/h2-3,11-12,20-21,24H,4-10H2,1H3,(H,25,26). The maximum atomic E-state index is 14.7. The quantitative estimate of drug-likeness (QED) is 0.620. The van der Waals surface area contributed by atoms with Crippen LogP contribution in [0.5, 0.6) is 0 Å². The van der Waals surface area contributed by atoms with Crippen molar-refractivity contribution in [1.29, 1.82) is 0 Å². The number of methoxy groups -OCH3 is 1. The van der Waals surface area contributed by atoms with Gasteiger partial charge in [-0.2, -0.15) is 0 Å². The number of carboxylic acid groups (broad SMARTS) is 1. The summed E-state index contributed by atoms with van der Waals surface area (Å²) >= 11 is 0. The number of aliphatic hydroxyl groups is 1. The first kappa shape index (κ1) is 19.4. The molecule has 8 nitrogen and oxygen atoms in total. The number of nitrogens with zero attached hydrogens (tertiary/aromatic N) is 2. The maximum absolute atomic E-state index is 14.7. The third kappa shape index (κ3) is 4.48. The molecule has 9 heteroatoms. The Morgan fingerprint density at radius 2 is 2.22 bits per heavy atom. The molecule has 1 unspecified atom stereocenters. The lowest BCUT2D eigenvalue weighted by atomic mass is 9.94. The van der Waals surface area contributed by atoms with Crippen molar-refractivity contribution >= 4 is 23.4 Å². The highest BCUT2D eigenvalue weighted by molar-refractivity contribution is 5.91. The summed E-state index contributed by atoms with van der Waals surface area (Å²) in [6, 6.07) is 2.97. The fraction of sp³-hybridized carbons (Fsp3) is 0.556. The van der Waals surface area contributed by atoms with Gasteiger partial charge in [0.1, 0.15) is 5.82 Å². The molecule has 0 aromatic heterocycles. The van der Waals surface area contributed by atoms with Gasteiger partial charge in [-0.3, -0.25) is 0 Å². The highest BCUT2D eigenvalue weighted by Gasteiger charge is 2.28. The molecule has 1 fully saturated rings. The van der Waals surface area contributed by atoms with Gasteiger partial charge in [0.15, 0.2) is 0 Å². The Labute approximate surface area is 157 Å². The Kier molecular flexibility index (Phi) is 6.12. The average Bonchev–Trinajstić information content (AvgIpc) is 2.67. The summed E-state index contributed by atoms with van der Waals surface area (Å²) in [5, 5.41) is 24.4. The highest BCUT2D eigenvalue weighted by Crippen LogP contribution is 2.38. The summed E-state index contributed by atoms with van der Waals surface area (Å²) in [6.07, 6.45) is 0.361. The molecule has 0 aliphatic carbocycles. The number of fused-ring (bicyclic) bond motifs is 1. The smallest absolute Gasteiger partial charge is 0.404 e. The van der Waals surface area contributed by atoms with Gasteiger partial charge in [-0.1, -0.05) is 0 Å². The van der Waals surface area contributed by atoms with Crippen molar-refractivity contribution in [3.63, 3.8) is 0 Å². The minimum Gasteiger partial charge on any atom is -0.483 e. The molecule has 2 heterocycles. The third-order valence-corrected chi connectivity index (χ3v) is 5.09. The van der Waals surface area contributed by atoms with Crippen LogP contribution in [-0.4, -0.2) is 73.0 Å². The van der Waals surface area contributed by atoms with Crippen molar-refractivity contribution in [1.82, 2.24) is 10.2 Å². The molecule has 2 aliphatic heterocycles. The summed E-state index contributed by atoms with van der Waals surface area (Å²) in [5.74, 6) is -0.379. The molecule has 2 aliphatic rings. The van der Waals surface area contributed by atoms with Gasteiger partial charge >= 0.3 is 6.09 Å². The third-order valence-electron chi connectivity index (χ3n) is 5.09. The van der Waals surface area contributed by atoms with Gasteiger partial charge in [0, 0.05) is 37.2 Å². The number of halogens is 1. The summed E-state index contributed by atoms with van der Waals surface area (Å²) in [5.41, 5.74) is 1.57. The van der Waals surface area contributed by atoms with E-state index in [9.17, 15) is 14.3 Å². The number of rotatable bonds is 5. The number of ether oxygens (including phenoxy) is 1. The van der Waals surface area contributed by atoms with Crippen LogP contribution in [0.15, 0.2) is 17.1 Å². The minimum absolute atomic E-state index is 0.0643. The van der Waals surface area contributed by atoms with E-state index in [4.69, 9.17) is 9.84 Å². The van der Waals surface area contributed by atoms with E-state index in [1.165, 1.54) is 13.2 Å². The molecule has 1 saturated heterocycles. The summed E-state index contributed by atoms with van der Waals surface area (Å²) in [7, 11) is 1.52. The Balaban J connectivity index is 1.76. The lowest BCUT2D eigenvalue weighted by molar-refractivity contribution is 0.152. The van der Waals surface area contributed by atoms with Crippen molar-refractivity contribution in [2.75, 3.05) is 45.2 Å². The molecule has 0 radical (unpaired) electrons. The summed E-state index contributed by atoms with van der Waals surface area (Å²) in [4.78, 5) is 17.3. The number of aliphatic hydroxyl groups excluding tert-OH is 1. The van der Waals surface area contributed by atoms with Gasteiger partial charge < -0.3 is 30.5 Å². The number of nitrogens with one attached hydrogen (secondary N) is 2. The normalized spacial score (nSPS) is 18.9. The van der Waals surface area contributed by atoms with E-state index in [0.29, 0.717) is 56.2 Å². The van der Waals surface area contributed by atoms with Gasteiger partial charge in [0.2, 0.25) is 5.90 Å². The van der Waals surface area contributed by atoms with Crippen LogP contribution in [-0.2, 0) is 4.74 Å². The zero-order valence-electron chi connectivity index (χ0n) is 15.2. The van der Waals surface area contributed by atoms with E-state index >= 15 is 0 Å². The first-order valence-corrected chi connectivity index (χ1v) is 9.02. The molecule has 1 amide bonds. The molecule has 0 bridgehead atoms. The van der Waals surface area contributed by atoms with E-state index in [1.54, 1.807) is 6.07 Å². The Hall–Kier alpha value is -2.39. The number of piperidine rings is 1. The molecule has 1 aromatic carbocycles. The molecule has 4 N–H and O–H groups in total. The van der Waals surface area contributed by atoms with E-state index in [2.05, 4.69) is 20.5 Å². The molecular weight excluding hydrogens is 355 g/mol. The molecule has 0 spiro atoms. The van der Waals surface area contributed by atoms with E-state index in [1.807, 2.05) is 0 Å². The maximum Gasteiger partial charge on any atom is 0.404 e. The van der Waals surface area contributed by atoms with Crippen LogP contribution in [0, 0.1) is 5.82 Å². The van der Waals surface area contributed by atoms with Crippen LogP contribution >= 0.6 is 0 Å². The molecule has 3 rings (SSSR count). The molecule has 1 atom stereocenters. The number of hydrogen-bond donors (Lipinski definition) is 4. The summed E-state index contributed by atoms with van der Waals surface area (Å²) < 4.78 is 19.8. The van der Waals surface area contributed by atoms with Gasteiger partial charge in [-0.15, -0.1) is 0 Å². The highest BCUT2D eigenvalue weighted by atomic mass is 19.1.